The fourth-order valence-electron chi connectivity index (χ4n) is 1.97. The van der Waals surface area contributed by atoms with E-state index in [2.05, 4.69) is 17.0 Å². The molecule has 3 aromatic rings. The Balaban J connectivity index is 2.17. The second kappa shape index (κ2) is 4.28. The van der Waals surface area contributed by atoms with E-state index in [1.807, 2.05) is 13.1 Å². The highest BCUT2D eigenvalue weighted by Gasteiger charge is 2.14. The summed E-state index contributed by atoms with van der Waals surface area (Å²) in [6, 6.07) is 5.36. The summed E-state index contributed by atoms with van der Waals surface area (Å²) in [4.78, 5) is 4.43. The van der Waals surface area contributed by atoms with Gasteiger partial charge in [-0.1, -0.05) is 18.5 Å². The van der Waals surface area contributed by atoms with Gasteiger partial charge in [0.15, 0.2) is 5.58 Å². The molecule has 5 nitrogen and oxygen atoms in total. The maximum atomic E-state index is 5.98. The van der Waals surface area contributed by atoms with Crippen molar-refractivity contribution in [2.45, 2.75) is 13.3 Å². The molecule has 0 bridgehead atoms. The van der Waals surface area contributed by atoms with Crippen LogP contribution in [0.2, 0.25) is 5.02 Å². The van der Waals surface area contributed by atoms with Crippen molar-refractivity contribution in [3.05, 3.63) is 28.9 Å². The predicted octanol–water partition coefficient (Wildman–Crippen LogP) is 3.03. The molecular weight excluding hydrogens is 264 g/mol. The van der Waals surface area contributed by atoms with E-state index in [9.17, 15) is 0 Å². The van der Waals surface area contributed by atoms with Crippen molar-refractivity contribution >= 4 is 28.4 Å². The molecule has 0 saturated heterocycles. The Morgan fingerprint density at radius 3 is 2.84 bits per heavy atom. The molecule has 0 saturated carbocycles. The molecule has 19 heavy (non-hydrogen) atoms. The Hall–Kier alpha value is -2.01. The molecule has 0 atom stereocenters. The molecule has 1 aromatic carbocycles. The van der Waals surface area contributed by atoms with Gasteiger partial charge >= 0.3 is 0 Å². The first kappa shape index (κ1) is 12.0. The van der Waals surface area contributed by atoms with Crippen LogP contribution < -0.4 is 5.73 Å². The highest BCUT2D eigenvalue weighted by atomic mass is 35.5. The summed E-state index contributed by atoms with van der Waals surface area (Å²) in [7, 11) is 1.87. The molecule has 98 valence electrons. The highest BCUT2D eigenvalue weighted by molar-refractivity contribution is 6.33. The van der Waals surface area contributed by atoms with Crippen LogP contribution in [0.5, 0.6) is 0 Å². The zero-order valence-corrected chi connectivity index (χ0v) is 11.4. The van der Waals surface area contributed by atoms with E-state index in [1.165, 1.54) is 0 Å². The smallest absolute Gasteiger partial charge is 0.245 e. The standard InChI is InChI=1S/C13H13ClN4O/c1-3-7-4-11(18(2)17-7)13-16-10-5-8(14)9(15)6-12(10)19-13/h4-6H,3,15H2,1-2H3. The minimum Gasteiger partial charge on any atom is -0.435 e. The zero-order valence-electron chi connectivity index (χ0n) is 10.6. The fraction of sp³-hybridized carbons (Fsp3) is 0.231. The van der Waals surface area contributed by atoms with Crippen LogP contribution in [-0.4, -0.2) is 14.8 Å². The molecule has 0 aliphatic heterocycles. The molecule has 2 heterocycles. The normalized spacial score (nSPS) is 11.3. The number of anilines is 1. The monoisotopic (exact) mass is 276 g/mol. The number of nitrogens with zero attached hydrogens (tertiary/aromatic N) is 3. The molecule has 0 aliphatic carbocycles. The Kier molecular flexibility index (Phi) is 2.71. The maximum absolute atomic E-state index is 5.98. The van der Waals surface area contributed by atoms with Gasteiger partial charge in [-0.25, -0.2) is 4.98 Å². The van der Waals surface area contributed by atoms with E-state index in [1.54, 1.807) is 16.8 Å². The lowest BCUT2D eigenvalue weighted by Crippen LogP contribution is -1.94. The third-order valence-corrected chi connectivity index (χ3v) is 3.35. The Morgan fingerprint density at radius 2 is 2.16 bits per heavy atom. The zero-order chi connectivity index (χ0) is 13.6. The van der Waals surface area contributed by atoms with Crippen molar-refractivity contribution in [3.63, 3.8) is 0 Å². The first-order valence-corrected chi connectivity index (χ1v) is 6.35. The van der Waals surface area contributed by atoms with Crippen LogP contribution in [0.4, 0.5) is 5.69 Å². The third kappa shape index (κ3) is 1.96. The van der Waals surface area contributed by atoms with Crippen LogP contribution in [-0.2, 0) is 13.5 Å². The lowest BCUT2D eigenvalue weighted by molar-refractivity contribution is 0.606. The van der Waals surface area contributed by atoms with E-state index in [4.69, 9.17) is 21.8 Å². The van der Waals surface area contributed by atoms with E-state index in [0.29, 0.717) is 27.7 Å². The molecule has 0 unspecified atom stereocenters. The molecule has 2 N–H and O–H groups in total. The van der Waals surface area contributed by atoms with Gasteiger partial charge in [0.05, 0.1) is 16.4 Å². The summed E-state index contributed by atoms with van der Waals surface area (Å²) in [6.45, 7) is 2.05. The van der Waals surface area contributed by atoms with Crippen molar-refractivity contribution < 1.29 is 4.42 Å². The number of benzene rings is 1. The minimum atomic E-state index is 0.478. The molecule has 0 fully saturated rings. The first-order chi connectivity index (χ1) is 9.08. The number of fused-ring (bicyclic) bond motifs is 1. The largest absolute Gasteiger partial charge is 0.435 e. The third-order valence-electron chi connectivity index (χ3n) is 3.02. The molecule has 0 amide bonds. The van der Waals surface area contributed by atoms with Gasteiger partial charge in [-0.15, -0.1) is 0 Å². The van der Waals surface area contributed by atoms with Crippen LogP contribution >= 0.6 is 11.6 Å². The van der Waals surface area contributed by atoms with Crippen molar-refractivity contribution in [1.82, 2.24) is 14.8 Å². The van der Waals surface area contributed by atoms with Gasteiger partial charge in [-0.2, -0.15) is 5.10 Å². The second-order valence-electron chi connectivity index (χ2n) is 4.36. The molecular formula is C13H13ClN4O. The highest BCUT2D eigenvalue weighted by Crippen LogP contribution is 2.29. The number of rotatable bonds is 2. The summed E-state index contributed by atoms with van der Waals surface area (Å²) in [6.07, 6.45) is 0.868. The van der Waals surface area contributed by atoms with Crippen LogP contribution in [0, 0.1) is 0 Å². The van der Waals surface area contributed by atoms with E-state index in [-0.39, 0.29) is 0 Å². The van der Waals surface area contributed by atoms with Crippen LogP contribution in [0.25, 0.3) is 22.7 Å². The average molecular weight is 277 g/mol. The van der Waals surface area contributed by atoms with Gasteiger partial charge in [0.2, 0.25) is 5.89 Å². The number of hydrogen-bond acceptors (Lipinski definition) is 4. The molecule has 6 heteroatoms. The topological polar surface area (TPSA) is 69.9 Å². The molecule has 3 rings (SSSR count). The van der Waals surface area contributed by atoms with Gasteiger partial charge in [-0.05, 0) is 18.6 Å². The summed E-state index contributed by atoms with van der Waals surface area (Å²) in [5.41, 5.74) is 9.38. The number of hydrogen-bond donors (Lipinski definition) is 1. The van der Waals surface area contributed by atoms with Gasteiger partial charge < -0.3 is 10.2 Å². The average Bonchev–Trinajstić information content (AvgIpc) is 2.93. The van der Waals surface area contributed by atoms with E-state index in [0.717, 1.165) is 17.8 Å². The van der Waals surface area contributed by atoms with Gasteiger partial charge in [0.25, 0.3) is 0 Å². The van der Waals surface area contributed by atoms with Crippen molar-refractivity contribution in [2.24, 2.45) is 7.05 Å². The van der Waals surface area contributed by atoms with Gasteiger partial charge in [-0.3, -0.25) is 4.68 Å². The Bertz CT molecular complexity index is 720. The van der Waals surface area contributed by atoms with Crippen LogP contribution in [0.3, 0.4) is 0 Å². The summed E-state index contributed by atoms with van der Waals surface area (Å²) in [5.74, 6) is 0.520. The van der Waals surface area contributed by atoms with Gasteiger partial charge in [0, 0.05) is 13.1 Å². The summed E-state index contributed by atoms with van der Waals surface area (Å²) < 4.78 is 7.48. The summed E-state index contributed by atoms with van der Waals surface area (Å²) in [5, 5.41) is 4.86. The van der Waals surface area contributed by atoms with E-state index < -0.39 is 0 Å². The van der Waals surface area contributed by atoms with Crippen molar-refractivity contribution in [1.29, 1.82) is 0 Å². The Labute approximate surface area is 115 Å². The summed E-state index contributed by atoms with van der Waals surface area (Å²) >= 11 is 5.98. The molecule has 0 spiro atoms. The number of oxazole rings is 1. The fourth-order valence-corrected chi connectivity index (χ4v) is 2.13. The van der Waals surface area contributed by atoms with Crippen LogP contribution in [0.1, 0.15) is 12.6 Å². The van der Waals surface area contributed by atoms with E-state index >= 15 is 0 Å². The lowest BCUT2D eigenvalue weighted by atomic mass is 10.3. The predicted molar refractivity (Wildman–Crippen MR) is 75.0 cm³/mol. The molecule has 0 aliphatic rings. The van der Waals surface area contributed by atoms with Crippen molar-refractivity contribution in [3.8, 4) is 11.6 Å². The molecule has 2 aromatic heterocycles. The van der Waals surface area contributed by atoms with Gasteiger partial charge in [0.1, 0.15) is 11.2 Å². The number of halogens is 1. The van der Waals surface area contributed by atoms with Crippen LogP contribution in [0.15, 0.2) is 22.6 Å². The minimum absolute atomic E-state index is 0.478. The quantitative estimate of drug-likeness (QED) is 0.731. The number of aromatic nitrogens is 3. The Morgan fingerprint density at radius 1 is 1.37 bits per heavy atom. The number of nitrogens with two attached hydrogens (primary N) is 1. The first-order valence-electron chi connectivity index (χ1n) is 5.97. The number of nitrogen functional groups attached to an aromatic ring is 1. The SMILES string of the molecule is CCc1cc(-c2nc3cc(Cl)c(N)cc3o2)n(C)n1. The number of aryl methyl sites for hydroxylation is 2. The second-order valence-corrected chi connectivity index (χ2v) is 4.77. The van der Waals surface area contributed by atoms with Crippen molar-refractivity contribution in [2.75, 3.05) is 5.73 Å². The maximum Gasteiger partial charge on any atom is 0.245 e. The lowest BCUT2D eigenvalue weighted by Gasteiger charge is -1.94. The molecule has 0 radical (unpaired) electrons.